The van der Waals surface area contributed by atoms with Gasteiger partial charge in [-0.2, -0.15) is 0 Å². The summed E-state index contributed by atoms with van der Waals surface area (Å²) < 4.78 is 5.45. The Morgan fingerprint density at radius 3 is 2.41 bits per heavy atom. The number of anilines is 1. The molecule has 2 aromatic carbocycles. The number of nitrogens with zero attached hydrogens (tertiary/aromatic N) is 3. The third-order valence-electron chi connectivity index (χ3n) is 6.58. The van der Waals surface area contributed by atoms with E-state index >= 15 is 0 Å². The first-order valence-electron chi connectivity index (χ1n) is 12.2. The highest BCUT2D eigenvalue weighted by atomic mass is 35.5. The average molecular weight is 520 g/mol. The van der Waals surface area contributed by atoms with E-state index in [1.54, 1.807) is 30.5 Å². The molecule has 1 saturated heterocycles. The Labute approximate surface area is 222 Å². The molecule has 7 nitrogen and oxygen atoms in total. The van der Waals surface area contributed by atoms with Gasteiger partial charge in [-0.3, -0.25) is 14.6 Å². The minimum Gasteiger partial charge on any atom is -0.507 e. The zero-order chi connectivity index (χ0) is 26.7. The number of carbonyl (C=O) groups excluding carboxylic acids is 2. The quantitative estimate of drug-likeness (QED) is 0.240. The fourth-order valence-electron chi connectivity index (χ4n) is 4.77. The lowest BCUT2D eigenvalue weighted by molar-refractivity contribution is -0.140. The Bertz CT molecular complexity index is 1340. The van der Waals surface area contributed by atoms with E-state index in [-0.39, 0.29) is 29.2 Å². The predicted molar refractivity (Wildman–Crippen MR) is 145 cm³/mol. The van der Waals surface area contributed by atoms with Crippen molar-refractivity contribution >= 4 is 34.7 Å². The Kier molecular flexibility index (Phi) is 7.83. The third kappa shape index (κ3) is 5.04. The first-order valence-corrected chi connectivity index (χ1v) is 12.6. The number of ether oxygens (including phenoxy) is 1. The van der Waals surface area contributed by atoms with Gasteiger partial charge in [0.1, 0.15) is 11.5 Å². The molecule has 0 radical (unpaired) electrons. The second-order valence-corrected chi connectivity index (χ2v) is 9.25. The van der Waals surface area contributed by atoms with E-state index in [0.29, 0.717) is 16.3 Å². The number of Topliss-reactive ketones (excluding diaryl/α,β-unsaturated/α-hetero) is 1. The zero-order valence-electron chi connectivity index (χ0n) is 21.4. The van der Waals surface area contributed by atoms with Gasteiger partial charge in [-0.25, -0.2) is 0 Å². The number of carbonyl (C=O) groups is 2. The van der Waals surface area contributed by atoms with Crippen molar-refractivity contribution in [2.45, 2.75) is 33.4 Å². The van der Waals surface area contributed by atoms with Crippen LogP contribution in [0.3, 0.4) is 0 Å². The van der Waals surface area contributed by atoms with E-state index in [0.717, 1.165) is 24.3 Å². The van der Waals surface area contributed by atoms with Gasteiger partial charge in [0.25, 0.3) is 11.7 Å². The number of aliphatic hydroxyl groups excluding tert-OH is 1. The van der Waals surface area contributed by atoms with E-state index < -0.39 is 17.7 Å². The van der Waals surface area contributed by atoms with Gasteiger partial charge in [0.05, 0.1) is 41.5 Å². The maximum Gasteiger partial charge on any atom is 0.296 e. The standard InChI is InChI=1S/C29H30ClN3O4/c1-5-32(6-2)21-12-10-19(11-13-21)25-24(26(34)22-15-18(3)16-23(30)28(22)37-4)27(35)29(36)33(25)17-20-9-7-8-14-31-20/h7-16,25,34H,5-6,17H2,1-4H3/b26-24+. The third-order valence-corrected chi connectivity index (χ3v) is 6.86. The fraction of sp³-hybridized carbons (Fsp3) is 0.276. The molecule has 37 heavy (non-hydrogen) atoms. The molecule has 1 N–H and O–H groups in total. The van der Waals surface area contributed by atoms with Crippen LogP contribution in [0.15, 0.2) is 66.4 Å². The van der Waals surface area contributed by atoms with Gasteiger partial charge in [0.2, 0.25) is 0 Å². The van der Waals surface area contributed by atoms with Crippen molar-refractivity contribution in [2.24, 2.45) is 0 Å². The summed E-state index contributed by atoms with van der Waals surface area (Å²) in [7, 11) is 1.44. The maximum atomic E-state index is 13.4. The maximum absolute atomic E-state index is 13.4. The number of methoxy groups -OCH3 is 1. The van der Waals surface area contributed by atoms with Crippen LogP contribution in [0, 0.1) is 6.92 Å². The van der Waals surface area contributed by atoms with Gasteiger partial charge in [0.15, 0.2) is 0 Å². The highest BCUT2D eigenvalue weighted by Crippen LogP contribution is 2.43. The number of likely N-dealkylation sites (tertiary alicyclic amines) is 1. The van der Waals surface area contributed by atoms with Crippen LogP contribution in [0.1, 0.15) is 42.3 Å². The van der Waals surface area contributed by atoms with Crippen molar-refractivity contribution in [1.29, 1.82) is 0 Å². The van der Waals surface area contributed by atoms with Gasteiger partial charge in [-0.05, 0) is 68.3 Å². The van der Waals surface area contributed by atoms with Gasteiger partial charge < -0.3 is 19.6 Å². The highest BCUT2D eigenvalue weighted by Gasteiger charge is 2.46. The molecule has 1 amide bonds. The normalized spacial score (nSPS) is 16.8. The molecular formula is C29H30ClN3O4. The minimum absolute atomic E-state index is 0.0171. The summed E-state index contributed by atoms with van der Waals surface area (Å²) in [6.07, 6.45) is 1.64. The van der Waals surface area contributed by atoms with Crippen LogP contribution in [0.4, 0.5) is 5.69 Å². The molecule has 1 aliphatic rings. The van der Waals surface area contributed by atoms with E-state index in [2.05, 4.69) is 23.7 Å². The Balaban J connectivity index is 1.90. The van der Waals surface area contributed by atoms with Crippen molar-refractivity contribution in [2.75, 3.05) is 25.1 Å². The SMILES string of the molecule is CCN(CC)c1ccc(C2/C(=C(\O)c3cc(C)cc(Cl)c3OC)C(=O)C(=O)N2Cc2ccccn2)cc1. The van der Waals surface area contributed by atoms with Crippen LogP contribution in [0.25, 0.3) is 5.76 Å². The molecule has 0 bridgehead atoms. The fourth-order valence-corrected chi connectivity index (χ4v) is 5.12. The number of rotatable bonds is 8. The number of benzene rings is 2. The largest absolute Gasteiger partial charge is 0.507 e. The van der Waals surface area contributed by atoms with Crippen LogP contribution in [-0.2, 0) is 16.1 Å². The summed E-state index contributed by atoms with van der Waals surface area (Å²) in [6.45, 7) is 7.80. The number of ketones is 1. The topological polar surface area (TPSA) is 83.0 Å². The molecule has 8 heteroatoms. The van der Waals surface area contributed by atoms with Gasteiger partial charge in [-0.15, -0.1) is 0 Å². The number of aromatic nitrogens is 1. The van der Waals surface area contributed by atoms with E-state index in [9.17, 15) is 14.7 Å². The summed E-state index contributed by atoms with van der Waals surface area (Å²) in [5.74, 6) is -1.58. The van der Waals surface area contributed by atoms with Crippen molar-refractivity contribution in [3.63, 3.8) is 0 Å². The van der Waals surface area contributed by atoms with Crippen molar-refractivity contribution in [3.8, 4) is 5.75 Å². The summed E-state index contributed by atoms with van der Waals surface area (Å²) in [4.78, 5) is 34.8. The number of hydrogen-bond donors (Lipinski definition) is 1. The number of aryl methyl sites for hydroxylation is 1. The molecule has 0 saturated carbocycles. The molecule has 1 atom stereocenters. The van der Waals surface area contributed by atoms with Crippen LogP contribution in [-0.4, -0.2) is 46.9 Å². The lowest BCUT2D eigenvalue weighted by Gasteiger charge is -2.26. The number of amides is 1. The predicted octanol–water partition coefficient (Wildman–Crippen LogP) is 5.52. The van der Waals surface area contributed by atoms with Crippen LogP contribution >= 0.6 is 11.6 Å². The van der Waals surface area contributed by atoms with Crippen LogP contribution in [0.2, 0.25) is 5.02 Å². The Morgan fingerprint density at radius 2 is 1.81 bits per heavy atom. The molecule has 0 spiro atoms. The molecule has 0 aliphatic carbocycles. The molecule has 192 valence electrons. The first kappa shape index (κ1) is 26.2. The summed E-state index contributed by atoms with van der Waals surface area (Å²) in [6, 6.07) is 15.7. The number of aliphatic hydroxyl groups is 1. The minimum atomic E-state index is -0.822. The lowest BCUT2D eigenvalue weighted by Crippen LogP contribution is -2.29. The molecule has 1 fully saturated rings. The molecule has 3 aromatic rings. The first-order chi connectivity index (χ1) is 17.8. The van der Waals surface area contributed by atoms with Crippen molar-refractivity contribution in [3.05, 3.63) is 93.8 Å². The monoisotopic (exact) mass is 519 g/mol. The molecular weight excluding hydrogens is 490 g/mol. The second-order valence-electron chi connectivity index (χ2n) is 8.84. The number of halogens is 1. The summed E-state index contributed by atoms with van der Waals surface area (Å²) in [5, 5.41) is 11.8. The lowest BCUT2D eigenvalue weighted by atomic mass is 9.94. The van der Waals surface area contributed by atoms with Gasteiger partial charge in [0, 0.05) is 25.0 Å². The Hall–Kier alpha value is -3.84. The van der Waals surface area contributed by atoms with Crippen molar-refractivity contribution in [1.82, 2.24) is 9.88 Å². The summed E-state index contributed by atoms with van der Waals surface area (Å²) >= 11 is 6.38. The zero-order valence-corrected chi connectivity index (χ0v) is 22.1. The van der Waals surface area contributed by atoms with E-state index in [1.165, 1.54) is 12.0 Å². The van der Waals surface area contributed by atoms with Gasteiger partial charge >= 0.3 is 0 Å². The highest BCUT2D eigenvalue weighted by molar-refractivity contribution is 6.46. The average Bonchev–Trinajstić information content (AvgIpc) is 3.14. The van der Waals surface area contributed by atoms with Gasteiger partial charge in [-0.1, -0.05) is 29.8 Å². The molecule has 1 aliphatic heterocycles. The van der Waals surface area contributed by atoms with Crippen molar-refractivity contribution < 1.29 is 19.4 Å². The number of hydrogen-bond acceptors (Lipinski definition) is 6. The van der Waals surface area contributed by atoms with E-state index in [4.69, 9.17) is 16.3 Å². The Morgan fingerprint density at radius 1 is 1.11 bits per heavy atom. The molecule has 4 rings (SSSR count). The van der Waals surface area contributed by atoms with Crippen LogP contribution in [0.5, 0.6) is 5.75 Å². The second kappa shape index (κ2) is 11.0. The van der Waals surface area contributed by atoms with E-state index in [1.807, 2.05) is 37.3 Å². The molecule has 2 heterocycles. The van der Waals surface area contributed by atoms with Crippen LogP contribution < -0.4 is 9.64 Å². The summed E-state index contributed by atoms with van der Waals surface area (Å²) in [5.41, 5.74) is 3.37. The number of pyridine rings is 1. The molecule has 1 unspecified atom stereocenters. The molecule has 1 aromatic heterocycles. The smallest absolute Gasteiger partial charge is 0.296 e.